The summed E-state index contributed by atoms with van der Waals surface area (Å²) in [7, 11) is 0. The molecule has 0 radical (unpaired) electrons. The number of piperazine rings is 1. The first-order valence-electron chi connectivity index (χ1n) is 13.5. The van der Waals surface area contributed by atoms with Crippen LogP contribution in [0.25, 0.3) is 0 Å². The lowest BCUT2D eigenvalue weighted by molar-refractivity contribution is 0.0356. The number of aliphatic hydroxyl groups excluding tert-OH is 1. The Balaban J connectivity index is 1.35. The van der Waals surface area contributed by atoms with Gasteiger partial charge in [-0.2, -0.15) is 9.97 Å². The molecule has 3 aliphatic rings. The van der Waals surface area contributed by atoms with Crippen molar-refractivity contribution >= 4 is 23.1 Å². The lowest BCUT2D eigenvalue weighted by Gasteiger charge is -2.39. The van der Waals surface area contributed by atoms with Gasteiger partial charge in [-0.3, -0.25) is 9.80 Å². The van der Waals surface area contributed by atoms with Crippen LogP contribution in [0, 0.1) is 5.82 Å². The Morgan fingerprint density at radius 3 is 2.62 bits per heavy atom. The molecule has 5 rings (SSSR count). The van der Waals surface area contributed by atoms with E-state index in [1.54, 1.807) is 0 Å². The first kappa shape index (κ1) is 27.9. The lowest BCUT2D eigenvalue weighted by Crippen LogP contribution is -2.50. The molecular weight excluding hydrogens is 527 g/mol. The number of phenols is 1. The Hall–Kier alpha value is -2.70. The van der Waals surface area contributed by atoms with Crippen LogP contribution in [0.4, 0.5) is 15.9 Å². The average molecular weight is 563 g/mol. The largest absolute Gasteiger partial charge is 0.508 e. The summed E-state index contributed by atoms with van der Waals surface area (Å²) in [5.74, 6) is 0.170. The van der Waals surface area contributed by atoms with Gasteiger partial charge in [-0.1, -0.05) is 18.2 Å². The molecule has 1 aromatic heterocycles. The number of nitrogens with zero attached hydrogens (tertiary/aromatic N) is 6. The number of ether oxygens (including phenoxy) is 2. The molecular formula is C27H36ClFN6O4. The summed E-state index contributed by atoms with van der Waals surface area (Å²) < 4.78 is 26.4. The van der Waals surface area contributed by atoms with Crippen LogP contribution in [0.15, 0.2) is 24.8 Å². The van der Waals surface area contributed by atoms with E-state index in [1.165, 1.54) is 18.2 Å². The molecule has 0 saturated carbocycles. The number of morpholine rings is 1. The summed E-state index contributed by atoms with van der Waals surface area (Å²) in [6.45, 7) is 12.0. The van der Waals surface area contributed by atoms with Crippen molar-refractivity contribution in [1.29, 1.82) is 0 Å². The SMILES string of the molecule is C=CC(O)N1CCN(c2nc(OCCCN3CCOCC3)nc3c2CCN(c2cc(O)cc(Cl)c2F)C3)CC1. The molecule has 0 amide bonds. The highest BCUT2D eigenvalue weighted by Gasteiger charge is 2.30. The minimum Gasteiger partial charge on any atom is -0.508 e. The zero-order valence-corrected chi connectivity index (χ0v) is 22.8. The maximum atomic E-state index is 14.9. The number of fused-ring (bicyclic) bond motifs is 1. The number of hydrogen-bond acceptors (Lipinski definition) is 10. The molecule has 2 saturated heterocycles. The molecule has 0 bridgehead atoms. The monoisotopic (exact) mass is 562 g/mol. The second-order valence-corrected chi connectivity index (χ2v) is 10.4. The third-order valence-corrected chi connectivity index (χ3v) is 7.78. The van der Waals surface area contributed by atoms with E-state index < -0.39 is 12.0 Å². The fraction of sp³-hybridized carbons (Fsp3) is 0.556. The van der Waals surface area contributed by atoms with Gasteiger partial charge in [-0.15, -0.1) is 0 Å². The molecule has 4 heterocycles. The molecule has 2 aromatic rings. The zero-order valence-electron chi connectivity index (χ0n) is 22.1. The number of benzene rings is 1. The summed E-state index contributed by atoms with van der Waals surface area (Å²) in [4.78, 5) is 17.9. The number of aliphatic hydroxyl groups is 1. The fourth-order valence-corrected chi connectivity index (χ4v) is 5.54. The number of aromatic hydroxyl groups is 1. The van der Waals surface area contributed by atoms with Crippen molar-refractivity contribution in [2.24, 2.45) is 0 Å². The standard InChI is InChI=1S/C27H36ClFN6O4/c1-2-24(37)33-7-9-34(10-8-33)26-20-4-6-35(23-17-19(36)16-21(28)25(23)29)18-22(20)30-27(31-26)39-13-3-5-32-11-14-38-15-12-32/h2,16-17,24,36-37H,1,3-15,18H2. The van der Waals surface area contributed by atoms with Crippen molar-refractivity contribution < 1.29 is 24.1 Å². The number of aromatic nitrogens is 2. The minimum absolute atomic E-state index is 0.0885. The average Bonchev–Trinajstić information content (AvgIpc) is 2.96. The smallest absolute Gasteiger partial charge is 0.318 e. The Morgan fingerprint density at radius 1 is 1.10 bits per heavy atom. The highest BCUT2D eigenvalue weighted by atomic mass is 35.5. The maximum absolute atomic E-state index is 14.9. The Morgan fingerprint density at radius 2 is 1.87 bits per heavy atom. The maximum Gasteiger partial charge on any atom is 0.318 e. The van der Waals surface area contributed by atoms with E-state index in [0.717, 1.165) is 56.3 Å². The molecule has 1 aromatic carbocycles. The molecule has 39 heavy (non-hydrogen) atoms. The van der Waals surface area contributed by atoms with Crippen LogP contribution in [0.3, 0.4) is 0 Å². The number of halogens is 2. The molecule has 3 aliphatic heterocycles. The van der Waals surface area contributed by atoms with Crippen LogP contribution in [-0.2, 0) is 17.7 Å². The van der Waals surface area contributed by atoms with Crippen molar-refractivity contribution in [2.45, 2.75) is 25.6 Å². The van der Waals surface area contributed by atoms with Crippen LogP contribution < -0.4 is 14.5 Å². The van der Waals surface area contributed by atoms with Gasteiger partial charge in [0.2, 0.25) is 0 Å². The van der Waals surface area contributed by atoms with Crippen LogP contribution in [-0.4, -0.2) is 108 Å². The molecule has 12 heteroatoms. The quantitative estimate of drug-likeness (QED) is 0.350. The first-order valence-corrected chi connectivity index (χ1v) is 13.9. The molecule has 1 unspecified atom stereocenters. The Labute approximate surface area is 233 Å². The van der Waals surface area contributed by atoms with Crippen molar-refractivity contribution in [3.63, 3.8) is 0 Å². The van der Waals surface area contributed by atoms with Gasteiger partial charge < -0.3 is 29.5 Å². The summed E-state index contributed by atoms with van der Waals surface area (Å²) in [5, 5.41) is 20.1. The molecule has 10 nitrogen and oxygen atoms in total. The number of hydrogen-bond donors (Lipinski definition) is 2. The van der Waals surface area contributed by atoms with Gasteiger partial charge in [0.1, 0.15) is 17.8 Å². The van der Waals surface area contributed by atoms with Crippen LogP contribution in [0.5, 0.6) is 11.8 Å². The molecule has 212 valence electrons. The Kier molecular flexibility index (Phi) is 9.03. The van der Waals surface area contributed by atoms with E-state index in [-0.39, 0.29) is 16.5 Å². The molecule has 1 atom stereocenters. The van der Waals surface area contributed by atoms with E-state index in [1.807, 2.05) is 9.80 Å². The van der Waals surface area contributed by atoms with Gasteiger partial charge in [-0.05, 0) is 18.9 Å². The lowest BCUT2D eigenvalue weighted by atomic mass is 10.0. The highest BCUT2D eigenvalue weighted by Crippen LogP contribution is 2.36. The van der Waals surface area contributed by atoms with E-state index in [2.05, 4.69) is 16.4 Å². The fourth-order valence-electron chi connectivity index (χ4n) is 5.33. The van der Waals surface area contributed by atoms with E-state index in [0.29, 0.717) is 58.3 Å². The second-order valence-electron chi connectivity index (χ2n) is 10.0. The van der Waals surface area contributed by atoms with Crippen molar-refractivity contribution in [2.75, 3.05) is 82.0 Å². The highest BCUT2D eigenvalue weighted by molar-refractivity contribution is 6.31. The third-order valence-electron chi connectivity index (χ3n) is 7.51. The summed E-state index contributed by atoms with van der Waals surface area (Å²) >= 11 is 6.01. The van der Waals surface area contributed by atoms with Gasteiger partial charge in [0.05, 0.1) is 42.8 Å². The van der Waals surface area contributed by atoms with E-state index >= 15 is 0 Å². The minimum atomic E-state index is -0.672. The van der Waals surface area contributed by atoms with Crippen LogP contribution in [0.2, 0.25) is 5.02 Å². The van der Waals surface area contributed by atoms with Gasteiger partial charge in [0.25, 0.3) is 0 Å². The summed E-state index contributed by atoms with van der Waals surface area (Å²) in [5.41, 5.74) is 2.02. The Bertz CT molecular complexity index is 1160. The second kappa shape index (κ2) is 12.6. The van der Waals surface area contributed by atoms with E-state index in [4.69, 9.17) is 31.0 Å². The van der Waals surface area contributed by atoms with Crippen molar-refractivity contribution in [3.05, 3.63) is 46.9 Å². The zero-order chi connectivity index (χ0) is 27.4. The molecule has 2 N–H and O–H groups in total. The molecule has 0 spiro atoms. The molecule has 2 fully saturated rings. The van der Waals surface area contributed by atoms with Gasteiger partial charge in [0, 0.05) is 70.1 Å². The normalized spacial score (nSPS) is 19.6. The van der Waals surface area contributed by atoms with Crippen molar-refractivity contribution in [3.8, 4) is 11.8 Å². The number of phenolic OH excluding ortho intramolecular Hbond substituents is 1. The van der Waals surface area contributed by atoms with Crippen LogP contribution in [0.1, 0.15) is 17.7 Å². The van der Waals surface area contributed by atoms with Gasteiger partial charge in [-0.25, -0.2) is 4.39 Å². The molecule has 0 aliphatic carbocycles. The van der Waals surface area contributed by atoms with Gasteiger partial charge >= 0.3 is 6.01 Å². The number of rotatable bonds is 9. The van der Waals surface area contributed by atoms with E-state index in [9.17, 15) is 14.6 Å². The summed E-state index contributed by atoms with van der Waals surface area (Å²) in [6, 6.07) is 2.89. The predicted molar refractivity (Wildman–Crippen MR) is 147 cm³/mol. The topological polar surface area (TPSA) is 97.7 Å². The van der Waals surface area contributed by atoms with Gasteiger partial charge in [0.15, 0.2) is 5.82 Å². The third kappa shape index (κ3) is 6.55. The van der Waals surface area contributed by atoms with Crippen molar-refractivity contribution in [1.82, 2.24) is 19.8 Å². The number of anilines is 2. The predicted octanol–water partition coefficient (Wildman–Crippen LogP) is 2.26. The first-order chi connectivity index (χ1) is 18.9. The van der Waals surface area contributed by atoms with Crippen LogP contribution >= 0.6 is 11.6 Å². The summed E-state index contributed by atoms with van der Waals surface area (Å²) in [6.07, 6.45) is 2.30.